The normalized spacial score (nSPS) is 15.7. The van der Waals surface area contributed by atoms with Gasteiger partial charge in [0.1, 0.15) is 11.6 Å². The van der Waals surface area contributed by atoms with Crippen molar-refractivity contribution in [1.82, 2.24) is 9.97 Å². The highest BCUT2D eigenvalue weighted by atomic mass is 19.1. The van der Waals surface area contributed by atoms with E-state index in [1.165, 1.54) is 31.5 Å². The molecule has 10 nitrogen and oxygen atoms in total. The molecule has 2 saturated heterocycles. The number of pyridine rings is 2. The Morgan fingerprint density at radius 1 is 1.07 bits per heavy atom. The van der Waals surface area contributed by atoms with E-state index in [9.17, 15) is 14.0 Å². The van der Waals surface area contributed by atoms with Crippen LogP contribution >= 0.6 is 0 Å². The van der Waals surface area contributed by atoms with Crippen LogP contribution in [-0.2, 0) is 9.57 Å². The second kappa shape index (κ2) is 13.7. The lowest BCUT2D eigenvalue weighted by Gasteiger charge is -2.29. The minimum atomic E-state index is -0.492. The number of rotatable bonds is 9. The molecule has 2 fully saturated rings. The van der Waals surface area contributed by atoms with E-state index in [0.29, 0.717) is 34.5 Å². The van der Waals surface area contributed by atoms with Crippen molar-refractivity contribution in [2.75, 3.05) is 60.6 Å². The highest BCUT2D eigenvalue weighted by Crippen LogP contribution is 2.25. The van der Waals surface area contributed by atoms with Crippen LogP contribution in [0.25, 0.3) is 0 Å². The van der Waals surface area contributed by atoms with Crippen LogP contribution in [-0.4, -0.2) is 61.7 Å². The van der Waals surface area contributed by atoms with Crippen molar-refractivity contribution in [2.24, 2.45) is 5.92 Å². The average Bonchev–Trinajstić information content (AvgIpc) is 3.02. The summed E-state index contributed by atoms with van der Waals surface area (Å²) in [6.45, 7) is 5.74. The molecule has 2 aliphatic rings. The summed E-state index contributed by atoms with van der Waals surface area (Å²) in [7, 11) is 1.40. The predicted molar refractivity (Wildman–Crippen MR) is 159 cm³/mol. The number of piperidine rings is 1. The summed E-state index contributed by atoms with van der Waals surface area (Å²) < 4.78 is 19.9. The predicted octanol–water partition coefficient (Wildman–Crippen LogP) is 5.21. The highest BCUT2D eigenvalue weighted by molar-refractivity contribution is 6.08. The minimum Gasteiger partial charge on any atom is -0.381 e. The molecule has 0 unspecified atom stereocenters. The van der Waals surface area contributed by atoms with Crippen LogP contribution in [0, 0.1) is 18.7 Å². The van der Waals surface area contributed by atoms with Gasteiger partial charge in [0.05, 0.1) is 42.1 Å². The first kappa shape index (κ1) is 29.4. The van der Waals surface area contributed by atoms with Gasteiger partial charge in [-0.05, 0) is 81.3 Å². The number of aryl methyl sites for hydroxylation is 1. The number of ether oxygens (including phenoxy) is 1. The number of nitrogens with one attached hydrogen (secondary N) is 2. The molecule has 1 aromatic carbocycles. The molecule has 2 aromatic heterocycles. The molecule has 0 spiro atoms. The number of carbonyl (C=O) groups is 2. The second-order valence-corrected chi connectivity index (χ2v) is 10.7. The maximum Gasteiger partial charge on any atom is 0.284 e. The van der Waals surface area contributed by atoms with Crippen molar-refractivity contribution in [3.05, 3.63) is 71.4 Å². The van der Waals surface area contributed by atoms with Gasteiger partial charge in [0.2, 0.25) is 0 Å². The van der Waals surface area contributed by atoms with Crippen LogP contribution in [0.5, 0.6) is 0 Å². The van der Waals surface area contributed by atoms with Gasteiger partial charge in [0.15, 0.2) is 0 Å². The second-order valence-electron chi connectivity index (χ2n) is 10.7. The molecule has 222 valence electrons. The van der Waals surface area contributed by atoms with Crippen molar-refractivity contribution in [2.45, 2.75) is 39.0 Å². The number of hydrogen-bond acceptors (Lipinski definition) is 8. The molecular formula is C31H37FN6O4. The average molecular weight is 577 g/mol. The van der Waals surface area contributed by atoms with E-state index in [1.54, 1.807) is 31.3 Å². The number of hydroxylamine groups is 1. The molecular weight excluding hydrogens is 539 g/mol. The third kappa shape index (κ3) is 7.21. The molecule has 2 amide bonds. The lowest BCUT2D eigenvalue weighted by molar-refractivity contribution is 0.0699. The van der Waals surface area contributed by atoms with E-state index in [-0.39, 0.29) is 11.1 Å². The fraction of sp³-hybridized carbons (Fsp3) is 0.419. The number of nitrogens with zero attached hydrogens (tertiary/aromatic N) is 4. The van der Waals surface area contributed by atoms with Crippen molar-refractivity contribution >= 4 is 34.7 Å². The van der Waals surface area contributed by atoms with E-state index >= 15 is 0 Å². The third-order valence-electron chi connectivity index (χ3n) is 7.70. The Morgan fingerprint density at radius 3 is 2.57 bits per heavy atom. The molecule has 11 heteroatoms. The lowest BCUT2D eigenvalue weighted by atomic mass is 10.0. The Bertz CT molecular complexity index is 1390. The molecule has 0 bridgehead atoms. The molecule has 0 saturated carbocycles. The van der Waals surface area contributed by atoms with Gasteiger partial charge in [-0.3, -0.25) is 19.4 Å². The van der Waals surface area contributed by atoms with Gasteiger partial charge >= 0.3 is 0 Å². The van der Waals surface area contributed by atoms with Gasteiger partial charge in [-0.25, -0.2) is 9.37 Å². The number of anilines is 4. The maximum atomic E-state index is 14.5. The van der Waals surface area contributed by atoms with Crippen molar-refractivity contribution < 1.29 is 23.6 Å². The Labute approximate surface area is 245 Å². The van der Waals surface area contributed by atoms with Gasteiger partial charge in [-0.15, -0.1) is 0 Å². The number of halogens is 1. The van der Waals surface area contributed by atoms with Gasteiger partial charge in [0, 0.05) is 44.1 Å². The van der Waals surface area contributed by atoms with E-state index in [2.05, 4.69) is 25.5 Å². The summed E-state index contributed by atoms with van der Waals surface area (Å²) in [6, 6.07) is 9.44. The first-order chi connectivity index (χ1) is 20.4. The first-order valence-electron chi connectivity index (χ1n) is 14.4. The van der Waals surface area contributed by atoms with E-state index in [4.69, 9.17) is 9.57 Å². The highest BCUT2D eigenvalue weighted by Gasteiger charge is 2.23. The van der Waals surface area contributed by atoms with Gasteiger partial charge in [-0.1, -0.05) is 0 Å². The summed E-state index contributed by atoms with van der Waals surface area (Å²) in [4.78, 5) is 42.9. The first-order valence-corrected chi connectivity index (χ1v) is 14.4. The summed E-state index contributed by atoms with van der Waals surface area (Å²) >= 11 is 0. The Morgan fingerprint density at radius 2 is 1.86 bits per heavy atom. The van der Waals surface area contributed by atoms with E-state index in [1.807, 2.05) is 0 Å². The van der Waals surface area contributed by atoms with Crippen molar-refractivity contribution in [3.63, 3.8) is 0 Å². The third-order valence-corrected chi connectivity index (χ3v) is 7.70. The summed E-state index contributed by atoms with van der Waals surface area (Å²) in [6.07, 6.45) is 8.29. The van der Waals surface area contributed by atoms with Crippen molar-refractivity contribution in [3.8, 4) is 0 Å². The number of aromatic nitrogens is 2. The fourth-order valence-corrected chi connectivity index (χ4v) is 5.29. The van der Waals surface area contributed by atoms with E-state index < -0.39 is 17.6 Å². The quantitative estimate of drug-likeness (QED) is 0.334. The van der Waals surface area contributed by atoms with Crippen LogP contribution in [0.15, 0.2) is 48.8 Å². The molecule has 2 aliphatic heterocycles. The molecule has 3 aromatic rings. The summed E-state index contributed by atoms with van der Waals surface area (Å²) in [5.41, 5.74) is 2.33. The molecule has 2 N–H and O–H groups in total. The molecule has 5 rings (SSSR count). The number of amides is 2. The Hall–Kier alpha value is -4.09. The molecule has 4 heterocycles. The fourth-order valence-electron chi connectivity index (χ4n) is 5.29. The number of benzene rings is 1. The van der Waals surface area contributed by atoms with Crippen LogP contribution in [0.4, 0.5) is 27.3 Å². The standard InChI is InChI=1S/C31H37FN6O4/c1-21-28(31(40)38(41-2)26-6-7-29(35-20-26)34-18-22-8-12-42-13-9-22)17-25(19-33-21)36-30(39)23-14-24(32)16-27(15-23)37-10-4-3-5-11-37/h6-7,14-17,19-20,22H,3-5,8-13,18H2,1-2H3,(H,34,35)(H,36,39). The zero-order valence-corrected chi connectivity index (χ0v) is 24.1. The lowest BCUT2D eigenvalue weighted by Crippen LogP contribution is -2.31. The largest absolute Gasteiger partial charge is 0.381 e. The van der Waals surface area contributed by atoms with Gasteiger partial charge < -0.3 is 20.3 Å². The number of carbonyl (C=O) groups excluding carboxylic acids is 2. The number of hydrogen-bond donors (Lipinski definition) is 2. The SMILES string of the molecule is CON(C(=O)c1cc(NC(=O)c2cc(F)cc(N3CCCCC3)c2)cnc1C)c1ccc(NCC2CCOCC2)nc1. The topological polar surface area (TPSA) is 109 Å². The van der Waals surface area contributed by atoms with Crippen LogP contribution < -0.4 is 20.6 Å². The molecule has 0 radical (unpaired) electrons. The summed E-state index contributed by atoms with van der Waals surface area (Å²) in [5.74, 6) is -0.194. The van der Waals surface area contributed by atoms with Crippen LogP contribution in [0.1, 0.15) is 58.5 Å². The smallest absolute Gasteiger partial charge is 0.284 e. The maximum absolute atomic E-state index is 14.5. The Kier molecular flexibility index (Phi) is 9.60. The molecule has 0 atom stereocenters. The summed E-state index contributed by atoms with van der Waals surface area (Å²) in [5, 5.41) is 7.23. The van der Waals surface area contributed by atoms with Crippen LogP contribution in [0.3, 0.4) is 0 Å². The Balaban J connectivity index is 1.27. The minimum absolute atomic E-state index is 0.194. The molecule has 0 aliphatic carbocycles. The van der Waals surface area contributed by atoms with Gasteiger partial charge in [0.25, 0.3) is 11.8 Å². The van der Waals surface area contributed by atoms with Gasteiger partial charge in [-0.2, -0.15) is 5.06 Å². The zero-order chi connectivity index (χ0) is 29.5. The van der Waals surface area contributed by atoms with Crippen LogP contribution in [0.2, 0.25) is 0 Å². The van der Waals surface area contributed by atoms with Crippen molar-refractivity contribution in [1.29, 1.82) is 0 Å². The molecule has 42 heavy (non-hydrogen) atoms. The zero-order valence-electron chi connectivity index (χ0n) is 24.1. The van der Waals surface area contributed by atoms with E-state index in [0.717, 1.165) is 70.0 Å². The monoisotopic (exact) mass is 576 g/mol.